The summed E-state index contributed by atoms with van der Waals surface area (Å²) >= 11 is 0.285. The second-order valence-corrected chi connectivity index (χ2v) is 5.32. The Labute approximate surface area is 89.0 Å². The summed E-state index contributed by atoms with van der Waals surface area (Å²) in [4.78, 5) is 0. The minimum absolute atomic E-state index is 0.285. The molecular formula is C11H10N2Se. The molecule has 0 atom stereocenters. The first-order valence-electron chi connectivity index (χ1n) is 4.84. The van der Waals surface area contributed by atoms with Gasteiger partial charge in [-0.2, -0.15) is 0 Å². The molecule has 0 saturated heterocycles. The van der Waals surface area contributed by atoms with Gasteiger partial charge in [0.2, 0.25) is 0 Å². The van der Waals surface area contributed by atoms with Crippen LogP contribution in [0.4, 0.5) is 0 Å². The Morgan fingerprint density at radius 1 is 1.14 bits per heavy atom. The van der Waals surface area contributed by atoms with E-state index in [0.717, 1.165) is 0 Å². The monoisotopic (exact) mass is 250 g/mol. The van der Waals surface area contributed by atoms with Gasteiger partial charge in [-0.05, 0) is 0 Å². The van der Waals surface area contributed by atoms with E-state index in [-0.39, 0.29) is 14.7 Å². The average Bonchev–Trinajstić information content (AvgIpc) is 2.61. The molecule has 2 nitrogen and oxygen atoms in total. The topological polar surface area (TPSA) is 25.8 Å². The average molecular weight is 249 g/mol. The molecule has 14 heavy (non-hydrogen) atoms. The molecule has 0 fully saturated rings. The van der Waals surface area contributed by atoms with Gasteiger partial charge in [0.1, 0.15) is 0 Å². The van der Waals surface area contributed by atoms with Crippen molar-refractivity contribution in [1.82, 2.24) is 9.19 Å². The predicted octanol–water partition coefficient (Wildman–Crippen LogP) is 1.69. The van der Waals surface area contributed by atoms with Crippen molar-refractivity contribution in [2.24, 2.45) is 0 Å². The molecule has 3 rings (SSSR count). The Bertz CT molecular complexity index is 462. The molecule has 0 bridgehead atoms. The van der Waals surface area contributed by atoms with E-state index in [1.807, 2.05) is 0 Å². The molecule has 1 aromatic carbocycles. The van der Waals surface area contributed by atoms with Crippen LogP contribution in [0.25, 0.3) is 11.3 Å². The van der Waals surface area contributed by atoms with Crippen molar-refractivity contribution in [1.29, 1.82) is 0 Å². The van der Waals surface area contributed by atoms with Gasteiger partial charge in [0.05, 0.1) is 0 Å². The normalized spacial score (nSPS) is 14.3. The van der Waals surface area contributed by atoms with Crippen molar-refractivity contribution in [2.75, 3.05) is 0 Å². The fraction of sp³-hybridized carbons (Fsp3) is 0.273. The van der Waals surface area contributed by atoms with Crippen molar-refractivity contribution in [3.8, 4) is 11.3 Å². The van der Waals surface area contributed by atoms with Crippen LogP contribution in [0.2, 0.25) is 0 Å². The molecular weight excluding hydrogens is 239 g/mol. The Morgan fingerprint density at radius 3 is 3.07 bits per heavy atom. The zero-order chi connectivity index (χ0) is 9.38. The molecule has 0 saturated carbocycles. The van der Waals surface area contributed by atoms with E-state index in [0.29, 0.717) is 0 Å². The van der Waals surface area contributed by atoms with Gasteiger partial charge < -0.3 is 0 Å². The van der Waals surface area contributed by atoms with Crippen LogP contribution in [0.3, 0.4) is 0 Å². The number of hydrogen-bond acceptors (Lipinski definition) is 2. The molecule has 0 unspecified atom stereocenters. The molecule has 0 aliphatic heterocycles. The molecule has 0 spiro atoms. The third kappa shape index (κ3) is 1.24. The van der Waals surface area contributed by atoms with Crippen molar-refractivity contribution < 1.29 is 0 Å². The summed E-state index contributed by atoms with van der Waals surface area (Å²) < 4.78 is 5.67. The van der Waals surface area contributed by atoms with E-state index in [1.54, 1.807) is 0 Å². The van der Waals surface area contributed by atoms with Crippen LogP contribution in [0, 0.1) is 0 Å². The first-order valence-corrected chi connectivity index (χ1v) is 6.47. The molecule has 0 amide bonds. The number of benzene rings is 1. The number of aromatic nitrogens is 2. The molecule has 0 radical (unpaired) electrons. The Kier molecular flexibility index (Phi) is 2.00. The summed E-state index contributed by atoms with van der Waals surface area (Å²) in [6.07, 6.45) is 3.63. The molecule has 1 heterocycles. The number of rotatable bonds is 0. The van der Waals surface area contributed by atoms with Crippen molar-refractivity contribution in [3.05, 3.63) is 34.3 Å². The van der Waals surface area contributed by atoms with Crippen LogP contribution in [0.15, 0.2) is 24.3 Å². The first kappa shape index (κ1) is 8.39. The SMILES string of the molecule is c1ccc2c(c1)CCCc1[se]nnc1-2. The van der Waals surface area contributed by atoms with Crippen LogP contribution in [-0.2, 0) is 12.8 Å². The Morgan fingerprint density at radius 2 is 2.07 bits per heavy atom. The van der Waals surface area contributed by atoms with Gasteiger partial charge in [-0.15, -0.1) is 0 Å². The molecule has 1 aliphatic rings. The van der Waals surface area contributed by atoms with Crippen LogP contribution >= 0.6 is 0 Å². The maximum absolute atomic E-state index is 4.29. The summed E-state index contributed by atoms with van der Waals surface area (Å²) in [6, 6.07) is 8.60. The van der Waals surface area contributed by atoms with E-state index in [9.17, 15) is 0 Å². The molecule has 2 aromatic rings. The van der Waals surface area contributed by atoms with Gasteiger partial charge >= 0.3 is 88.7 Å². The molecule has 1 aromatic heterocycles. The van der Waals surface area contributed by atoms with Gasteiger partial charge in [0, 0.05) is 0 Å². The summed E-state index contributed by atoms with van der Waals surface area (Å²) in [5, 5.41) is 4.29. The van der Waals surface area contributed by atoms with Crippen molar-refractivity contribution in [2.45, 2.75) is 19.3 Å². The zero-order valence-corrected chi connectivity index (χ0v) is 9.45. The van der Waals surface area contributed by atoms with Gasteiger partial charge in [0.15, 0.2) is 0 Å². The van der Waals surface area contributed by atoms with E-state index in [1.165, 1.54) is 40.5 Å². The Balaban J connectivity index is 2.27. The standard InChI is InChI=1S/C11H10N2Se/c1-2-6-9-8(4-1)5-3-7-10-11(9)12-13-14-10/h1-2,4,6H,3,5,7H2. The third-order valence-corrected chi connectivity index (χ3v) is 4.32. The van der Waals surface area contributed by atoms with E-state index in [2.05, 4.69) is 33.5 Å². The number of hydrogen-bond donors (Lipinski definition) is 0. The van der Waals surface area contributed by atoms with Crippen molar-refractivity contribution >= 4 is 14.7 Å². The van der Waals surface area contributed by atoms with E-state index >= 15 is 0 Å². The van der Waals surface area contributed by atoms with Crippen molar-refractivity contribution in [3.63, 3.8) is 0 Å². The summed E-state index contributed by atoms with van der Waals surface area (Å²) in [6.45, 7) is 0. The maximum atomic E-state index is 4.29. The fourth-order valence-corrected chi connectivity index (χ4v) is 3.44. The molecule has 1 aliphatic carbocycles. The van der Waals surface area contributed by atoms with E-state index in [4.69, 9.17) is 0 Å². The predicted molar refractivity (Wildman–Crippen MR) is 56.4 cm³/mol. The Hall–Kier alpha value is -0.921. The second-order valence-electron chi connectivity index (χ2n) is 3.56. The van der Waals surface area contributed by atoms with Gasteiger partial charge in [-0.25, -0.2) is 0 Å². The molecule has 70 valence electrons. The van der Waals surface area contributed by atoms with Crippen LogP contribution in [0.1, 0.15) is 16.4 Å². The van der Waals surface area contributed by atoms with Crippen LogP contribution < -0.4 is 0 Å². The van der Waals surface area contributed by atoms with Gasteiger partial charge in [-0.1, -0.05) is 0 Å². The summed E-state index contributed by atoms with van der Waals surface area (Å²) in [5.41, 5.74) is 3.94. The van der Waals surface area contributed by atoms with Gasteiger partial charge in [0.25, 0.3) is 0 Å². The number of nitrogens with zero attached hydrogens (tertiary/aromatic N) is 2. The third-order valence-electron chi connectivity index (χ3n) is 2.68. The van der Waals surface area contributed by atoms with E-state index < -0.39 is 0 Å². The minimum atomic E-state index is 0.285. The summed E-state index contributed by atoms with van der Waals surface area (Å²) in [7, 11) is 0. The molecule has 0 N–H and O–H groups in total. The zero-order valence-electron chi connectivity index (χ0n) is 7.73. The first-order chi connectivity index (χ1) is 6.95. The summed E-state index contributed by atoms with van der Waals surface area (Å²) in [5.74, 6) is 0. The second kappa shape index (κ2) is 3.34. The fourth-order valence-electron chi connectivity index (χ4n) is 1.99. The number of aryl methyl sites for hydroxylation is 2. The van der Waals surface area contributed by atoms with Crippen LogP contribution in [-0.4, -0.2) is 23.9 Å². The quantitative estimate of drug-likeness (QED) is 0.664. The van der Waals surface area contributed by atoms with Crippen LogP contribution in [0.5, 0.6) is 0 Å². The number of fused-ring (bicyclic) bond motifs is 3. The van der Waals surface area contributed by atoms with Gasteiger partial charge in [-0.3, -0.25) is 0 Å². The molecule has 3 heteroatoms.